The van der Waals surface area contributed by atoms with Crippen LogP contribution in [-0.4, -0.2) is 27.2 Å². The first kappa shape index (κ1) is 25.1. The van der Waals surface area contributed by atoms with Gasteiger partial charge in [0.05, 0.1) is 18.8 Å². The van der Waals surface area contributed by atoms with Crippen LogP contribution in [0.2, 0.25) is 0 Å². The molecule has 186 valence electrons. The summed E-state index contributed by atoms with van der Waals surface area (Å²) in [5, 5.41) is 18.7. The quantitative estimate of drug-likeness (QED) is 0.284. The minimum atomic E-state index is -0.479. The molecule has 3 atom stereocenters. The zero-order chi connectivity index (χ0) is 24.9. The van der Waals surface area contributed by atoms with E-state index in [1.165, 1.54) is 0 Å². The van der Waals surface area contributed by atoms with E-state index in [1.807, 2.05) is 43.3 Å². The largest absolute Gasteiger partial charge is 0.392 e. The number of ether oxygens (including phenoxy) is 2. The fourth-order valence-electron chi connectivity index (χ4n) is 4.23. The summed E-state index contributed by atoms with van der Waals surface area (Å²) in [5.74, 6) is 0.768. The number of aromatic nitrogens is 2. The van der Waals surface area contributed by atoms with Gasteiger partial charge in [0.2, 0.25) is 0 Å². The molecule has 1 saturated heterocycles. The maximum absolute atomic E-state index is 9.42. The fourth-order valence-corrected chi connectivity index (χ4v) is 6.09. The third-order valence-corrected chi connectivity index (χ3v) is 8.30. The Morgan fingerprint density at radius 2 is 1.72 bits per heavy atom. The van der Waals surface area contributed by atoms with E-state index in [1.54, 1.807) is 23.1 Å². The van der Waals surface area contributed by atoms with Gasteiger partial charge in [-0.25, -0.2) is 0 Å². The van der Waals surface area contributed by atoms with Crippen molar-refractivity contribution in [1.29, 1.82) is 0 Å². The van der Waals surface area contributed by atoms with Gasteiger partial charge in [-0.15, -0.1) is 10.2 Å². The molecule has 4 aromatic rings. The first-order valence-corrected chi connectivity index (χ1v) is 13.7. The highest BCUT2D eigenvalue weighted by Crippen LogP contribution is 2.40. The van der Waals surface area contributed by atoms with Gasteiger partial charge in [0, 0.05) is 24.3 Å². The van der Waals surface area contributed by atoms with E-state index in [-0.39, 0.29) is 18.8 Å². The van der Waals surface area contributed by atoms with Crippen LogP contribution in [0, 0.1) is 6.92 Å². The zero-order valence-electron chi connectivity index (χ0n) is 20.0. The number of aliphatic hydroxyl groups is 1. The first-order chi connectivity index (χ1) is 17.6. The van der Waals surface area contributed by atoms with Crippen LogP contribution in [0.1, 0.15) is 46.1 Å². The highest BCUT2D eigenvalue weighted by Gasteiger charge is 2.32. The minimum absolute atomic E-state index is 0.0126. The Bertz CT molecular complexity index is 1280. The van der Waals surface area contributed by atoms with E-state index in [0.717, 1.165) is 54.9 Å². The van der Waals surface area contributed by atoms with Crippen molar-refractivity contribution in [2.75, 3.05) is 5.75 Å². The standard InChI is InChI=1S/C28H29N3O3S2/c1-18-30-31-28(36-18)35-17-25-14-26(22-7-5-19(16-32)6-8-22)34-27(33-25)23-11-9-21(10-12-23)24-4-2-3-20(13-24)15-29/h2-13,25-27,32H,14-17,29H2,1H3. The molecule has 0 bridgehead atoms. The van der Waals surface area contributed by atoms with Gasteiger partial charge in [-0.05, 0) is 40.8 Å². The van der Waals surface area contributed by atoms with Gasteiger partial charge < -0.3 is 20.3 Å². The Labute approximate surface area is 219 Å². The number of nitrogens with two attached hydrogens (primary N) is 1. The highest BCUT2D eigenvalue weighted by atomic mass is 32.2. The summed E-state index contributed by atoms with van der Waals surface area (Å²) in [7, 11) is 0. The molecule has 5 rings (SSSR count). The van der Waals surface area contributed by atoms with Gasteiger partial charge in [0.15, 0.2) is 10.6 Å². The molecule has 1 aliphatic rings. The predicted molar refractivity (Wildman–Crippen MR) is 144 cm³/mol. The highest BCUT2D eigenvalue weighted by molar-refractivity contribution is 8.01. The summed E-state index contributed by atoms with van der Waals surface area (Å²) in [6, 6.07) is 24.6. The summed E-state index contributed by atoms with van der Waals surface area (Å²) in [5.41, 5.74) is 12.1. The molecular weight excluding hydrogens is 490 g/mol. The Morgan fingerprint density at radius 1 is 0.944 bits per heavy atom. The molecule has 8 heteroatoms. The summed E-state index contributed by atoms with van der Waals surface area (Å²) >= 11 is 3.27. The van der Waals surface area contributed by atoms with Gasteiger partial charge >= 0.3 is 0 Å². The molecule has 0 radical (unpaired) electrons. The molecule has 1 aliphatic heterocycles. The Balaban J connectivity index is 1.36. The molecule has 3 aromatic carbocycles. The van der Waals surface area contributed by atoms with Gasteiger partial charge in [-0.3, -0.25) is 0 Å². The van der Waals surface area contributed by atoms with E-state index in [0.29, 0.717) is 6.54 Å². The van der Waals surface area contributed by atoms with Crippen LogP contribution in [0.3, 0.4) is 0 Å². The van der Waals surface area contributed by atoms with Crippen LogP contribution in [0.4, 0.5) is 0 Å². The van der Waals surface area contributed by atoms with Crippen molar-refractivity contribution < 1.29 is 14.6 Å². The number of thioether (sulfide) groups is 1. The van der Waals surface area contributed by atoms with Crippen molar-refractivity contribution >= 4 is 23.1 Å². The van der Waals surface area contributed by atoms with E-state index >= 15 is 0 Å². The molecule has 3 N–H and O–H groups in total. The third-order valence-electron chi connectivity index (χ3n) is 6.19. The molecule has 1 fully saturated rings. The maximum atomic E-state index is 9.42. The summed E-state index contributed by atoms with van der Waals surface area (Å²) in [4.78, 5) is 0. The fraction of sp³-hybridized carbons (Fsp3) is 0.286. The molecule has 36 heavy (non-hydrogen) atoms. The molecule has 2 heterocycles. The van der Waals surface area contributed by atoms with Crippen molar-refractivity contribution in [3.8, 4) is 11.1 Å². The lowest BCUT2D eigenvalue weighted by Gasteiger charge is -2.36. The summed E-state index contributed by atoms with van der Waals surface area (Å²) in [6.07, 6.45) is 0.136. The third kappa shape index (κ3) is 6.03. The van der Waals surface area contributed by atoms with Crippen LogP contribution in [0.15, 0.2) is 77.1 Å². The zero-order valence-corrected chi connectivity index (χ0v) is 21.7. The Morgan fingerprint density at radius 3 is 2.42 bits per heavy atom. The molecular formula is C28H29N3O3S2. The Hall–Kier alpha value is -2.59. The van der Waals surface area contributed by atoms with E-state index in [4.69, 9.17) is 15.2 Å². The number of hydrogen-bond acceptors (Lipinski definition) is 8. The molecule has 0 spiro atoms. The van der Waals surface area contributed by atoms with Crippen molar-refractivity contribution in [3.05, 3.63) is 100 Å². The molecule has 0 amide bonds. The maximum Gasteiger partial charge on any atom is 0.184 e. The predicted octanol–water partition coefficient (Wildman–Crippen LogP) is 5.80. The van der Waals surface area contributed by atoms with Crippen LogP contribution in [-0.2, 0) is 22.6 Å². The van der Waals surface area contributed by atoms with Crippen LogP contribution < -0.4 is 5.73 Å². The van der Waals surface area contributed by atoms with Gasteiger partial charge in [0.25, 0.3) is 0 Å². The van der Waals surface area contributed by atoms with Crippen molar-refractivity contribution in [3.63, 3.8) is 0 Å². The van der Waals surface area contributed by atoms with E-state index < -0.39 is 6.29 Å². The molecule has 6 nitrogen and oxygen atoms in total. The van der Waals surface area contributed by atoms with Crippen molar-refractivity contribution in [2.24, 2.45) is 5.73 Å². The number of benzene rings is 3. The van der Waals surface area contributed by atoms with Crippen LogP contribution >= 0.6 is 23.1 Å². The summed E-state index contributed by atoms with van der Waals surface area (Å²) in [6.45, 7) is 2.51. The number of aliphatic hydroxyl groups excluding tert-OH is 1. The smallest absolute Gasteiger partial charge is 0.184 e. The SMILES string of the molecule is Cc1nnc(SCC2CC(c3ccc(CO)cc3)OC(c3ccc(-c4cccc(CN)c4)cc3)O2)s1. The average Bonchev–Trinajstić information content (AvgIpc) is 3.37. The first-order valence-electron chi connectivity index (χ1n) is 11.9. The average molecular weight is 520 g/mol. The van der Waals surface area contributed by atoms with Crippen molar-refractivity contribution in [2.45, 2.75) is 49.3 Å². The lowest BCUT2D eigenvalue weighted by molar-refractivity contribution is -0.245. The second kappa shape index (κ2) is 11.6. The van der Waals surface area contributed by atoms with E-state index in [2.05, 4.69) is 46.6 Å². The Kier molecular flexibility index (Phi) is 8.11. The van der Waals surface area contributed by atoms with Crippen molar-refractivity contribution in [1.82, 2.24) is 10.2 Å². The lowest BCUT2D eigenvalue weighted by atomic mass is 9.99. The molecule has 1 aromatic heterocycles. The van der Waals surface area contributed by atoms with Gasteiger partial charge in [0.1, 0.15) is 5.01 Å². The lowest BCUT2D eigenvalue weighted by Crippen LogP contribution is -2.31. The van der Waals surface area contributed by atoms with Gasteiger partial charge in [-0.2, -0.15) is 0 Å². The minimum Gasteiger partial charge on any atom is -0.392 e. The second-order valence-electron chi connectivity index (χ2n) is 8.77. The number of rotatable bonds is 8. The monoisotopic (exact) mass is 519 g/mol. The summed E-state index contributed by atoms with van der Waals surface area (Å²) < 4.78 is 13.9. The van der Waals surface area contributed by atoms with Gasteiger partial charge in [-0.1, -0.05) is 89.8 Å². The number of aryl methyl sites for hydroxylation is 1. The van der Waals surface area contributed by atoms with Crippen LogP contribution in [0.5, 0.6) is 0 Å². The number of hydrogen-bond donors (Lipinski definition) is 2. The number of nitrogens with zero attached hydrogens (tertiary/aromatic N) is 2. The molecule has 3 unspecified atom stereocenters. The second-order valence-corrected chi connectivity index (χ2v) is 11.2. The molecule has 0 saturated carbocycles. The van der Waals surface area contributed by atoms with Crippen LogP contribution in [0.25, 0.3) is 11.1 Å². The topological polar surface area (TPSA) is 90.5 Å². The molecule has 0 aliphatic carbocycles. The normalized spacial score (nSPS) is 19.9. The van der Waals surface area contributed by atoms with E-state index in [9.17, 15) is 5.11 Å².